The normalized spacial score (nSPS) is 19.8. The number of morpholine rings is 1. The summed E-state index contributed by atoms with van der Waals surface area (Å²) in [5, 5.41) is 0. The number of hydrogen-bond acceptors (Lipinski definition) is 4. The zero-order valence-corrected chi connectivity index (χ0v) is 18.7. The molecule has 1 amide bonds. The Morgan fingerprint density at radius 3 is 2.08 bits per heavy atom. The number of hydrogen-bond donors (Lipinski definition) is 0. The molecule has 0 aromatic carbocycles. The van der Waals surface area contributed by atoms with Gasteiger partial charge in [-0.2, -0.15) is 0 Å². The molecule has 0 aromatic heterocycles. The summed E-state index contributed by atoms with van der Waals surface area (Å²) in [6.45, 7) is 21.5. The fourth-order valence-corrected chi connectivity index (χ4v) is 9.52. The van der Waals surface area contributed by atoms with Gasteiger partial charge in [0.25, 0.3) is 0 Å². The topological polar surface area (TPSA) is 48.0 Å². The molecule has 1 aliphatic heterocycles. The number of amides is 1. The van der Waals surface area contributed by atoms with Crippen molar-refractivity contribution in [1.82, 2.24) is 4.90 Å². The van der Waals surface area contributed by atoms with Crippen LogP contribution in [0.3, 0.4) is 0 Å². The Morgan fingerprint density at radius 2 is 1.64 bits per heavy atom. The highest BCUT2D eigenvalue weighted by Gasteiger charge is 2.45. The molecule has 6 heteroatoms. The van der Waals surface area contributed by atoms with Gasteiger partial charge in [0.1, 0.15) is 5.60 Å². The first-order valence-electron chi connectivity index (χ1n) is 9.63. The monoisotopic (exact) mass is 373 g/mol. The Balaban J connectivity index is 2.71. The van der Waals surface area contributed by atoms with Crippen LogP contribution in [0.5, 0.6) is 0 Å². The number of carbonyl (C=O) groups excluding carboxylic acids is 1. The first-order valence-corrected chi connectivity index (χ1v) is 11.8. The van der Waals surface area contributed by atoms with Gasteiger partial charge in [0.15, 0.2) is 8.32 Å². The number of rotatable bonds is 6. The zero-order chi connectivity index (χ0) is 19.4. The standard InChI is InChI=1S/C19H39NO4Si/c1-14(2)25(15(3)4,16(5)6)23-13-17-12-20(10-11-22-17)18(21)24-19(7,8)9/h14-17H,10-13H2,1-9H3. The molecule has 1 fully saturated rings. The van der Waals surface area contributed by atoms with Crippen LogP contribution in [0.4, 0.5) is 4.79 Å². The van der Waals surface area contributed by atoms with E-state index in [4.69, 9.17) is 13.9 Å². The third-order valence-electron chi connectivity index (χ3n) is 5.02. The highest BCUT2D eigenvalue weighted by molar-refractivity contribution is 6.77. The molecule has 148 valence electrons. The largest absolute Gasteiger partial charge is 0.444 e. The van der Waals surface area contributed by atoms with Gasteiger partial charge < -0.3 is 18.8 Å². The Labute approximate surface area is 155 Å². The smallest absolute Gasteiger partial charge is 0.410 e. The molecule has 1 heterocycles. The lowest BCUT2D eigenvalue weighted by atomic mass is 10.2. The number of carbonyl (C=O) groups is 1. The third kappa shape index (κ3) is 5.96. The average Bonchev–Trinajstić information content (AvgIpc) is 2.45. The van der Waals surface area contributed by atoms with Crippen LogP contribution in [-0.2, 0) is 13.9 Å². The Morgan fingerprint density at radius 1 is 1.12 bits per heavy atom. The molecule has 1 saturated heterocycles. The molecule has 0 bridgehead atoms. The predicted molar refractivity (Wildman–Crippen MR) is 105 cm³/mol. The molecule has 0 aromatic rings. The summed E-state index contributed by atoms with van der Waals surface area (Å²) in [5.41, 5.74) is 1.14. The van der Waals surface area contributed by atoms with Crippen molar-refractivity contribution in [1.29, 1.82) is 0 Å². The van der Waals surface area contributed by atoms with Crippen molar-refractivity contribution in [2.24, 2.45) is 0 Å². The van der Waals surface area contributed by atoms with Gasteiger partial charge in [0, 0.05) is 6.54 Å². The maximum atomic E-state index is 12.3. The van der Waals surface area contributed by atoms with E-state index in [2.05, 4.69) is 41.5 Å². The molecule has 0 aliphatic carbocycles. The highest BCUT2D eigenvalue weighted by atomic mass is 28.4. The van der Waals surface area contributed by atoms with E-state index in [1.165, 1.54) is 0 Å². The van der Waals surface area contributed by atoms with E-state index in [1.54, 1.807) is 4.90 Å². The zero-order valence-electron chi connectivity index (χ0n) is 17.7. The van der Waals surface area contributed by atoms with Crippen LogP contribution >= 0.6 is 0 Å². The summed E-state index contributed by atoms with van der Waals surface area (Å²) in [6.07, 6.45) is -0.342. The summed E-state index contributed by atoms with van der Waals surface area (Å²) < 4.78 is 18.0. The van der Waals surface area contributed by atoms with Gasteiger partial charge >= 0.3 is 6.09 Å². The Bertz CT molecular complexity index is 410. The first kappa shape index (κ1) is 22.4. The summed E-state index contributed by atoms with van der Waals surface area (Å²) in [7, 11) is -1.91. The molecule has 0 N–H and O–H groups in total. The fraction of sp³-hybridized carbons (Fsp3) is 0.947. The van der Waals surface area contributed by atoms with E-state index in [9.17, 15) is 4.79 Å². The first-order chi connectivity index (χ1) is 11.4. The molecule has 0 spiro atoms. The molecule has 0 saturated carbocycles. The maximum absolute atomic E-state index is 12.3. The predicted octanol–water partition coefficient (Wildman–Crippen LogP) is 4.81. The van der Waals surface area contributed by atoms with Gasteiger partial charge in [-0.15, -0.1) is 0 Å². The van der Waals surface area contributed by atoms with Gasteiger partial charge in [-0.05, 0) is 37.4 Å². The third-order valence-corrected chi connectivity index (χ3v) is 11.1. The number of ether oxygens (including phenoxy) is 2. The lowest BCUT2D eigenvalue weighted by Gasteiger charge is -2.43. The van der Waals surface area contributed by atoms with Crippen LogP contribution < -0.4 is 0 Å². The second kappa shape index (κ2) is 8.87. The minimum absolute atomic E-state index is 0.0793. The minimum Gasteiger partial charge on any atom is -0.444 e. The van der Waals surface area contributed by atoms with Crippen LogP contribution in [0.1, 0.15) is 62.3 Å². The van der Waals surface area contributed by atoms with Crippen LogP contribution in [0.25, 0.3) is 0 Å². The number of nitrogens with zero attached hydrogens (tertiary/aromatic N) is 1. The van der Waals surface area contributed by atoms with Crippen molar-refractivity contribution < 1.29 is 18.7 Å². The highest BCUT2D eigenvalue weighted by Crippen LogP contribution is 2.42. The Kier molecular flexibility index (Phi) is 7.96. The van der Waals surface area contributed by atoms with E-state index in [0.29, 0.717) is 42.9 Å². The van der Waals surface area contributed by atoms with Crippen LogP contribution in [0.15, 0.2) is 0 Å². The molecule has 5 nitrogen and oxygen atoms in total. The van der Waals surface area contributed by atoms with E-state index in [0.717, 1.165) is 0 Å². The van der Waals surface area contributed by atoms with Crippen molar-refractivity contribution >= 4 is 14.4 Å². The minimum atomic E-state index is -1.91. The van der Waals surface area contributed by atoms with Gasteiger partial charge in [-0.3, -0.25) is 0 Å². The lowest BCUT2D eigenvalue weighted by molar-refractivity contribution is -0.0577. The molecule has 1 unspecified atom stereocenters. The van der Waals surface area contributed by atoms with Crippen LogP contribution in [-0.4, -0.2) is 57.3 Å². The quantitative estimate of drug-likeness (QED) is 0.627. The molecule has 1 rings (SSSR count). The van der Waals surface area contributed by atoms with Crippen molar-refractivity contribution in [2.45, 2.75) is 90.6 Å². The van der Waals surface area contributed by atoms with Crippen LogP contribution in [0, 0.1) is 0 Å². The second-order valence-corrected chi connectivity index (χ2v) is 14.5. The van der Waals surface area contributed by atoms with Crippen molar-refractivity contribution in [2.75, 3.05) is 26.3 Å². The lowest BCUT2D eigenvalue weighted by Crippen LogP contribution is -2.53. The van der Waals surface area contributed by atoms with E-state index < -0.39 is 13.9 Å². The van der Waals surface area contributed by atoms with Gasteiger partial charge in [0.2, 0.25) is 0 Å². The fourth-order valence-electron chi connectivity index (χ4n) is 4.05. The van der Waals surface area contributed by atoms with Gasteiger partial charge in [0.05, 0.1) is 25.9 Å². The van der Waals surface area contributed by atoms with E-state index in [1.807, 2.05) is 20.8 Å². The van der Waals surface area contributed by atoms with Gasteiger partial charge in [-0.1, -0.05) is 41.5 Å². The maximum Gasteiger partial charge on any atom is 0.410 e. The van der Waals surface area contributed by atoms with E-state index in [-0.39, 0.29) is 12.2 Å². The molecule has 0 radical (unpaired) electrons. The Hall–Kier alpha value is -0.593. The molecular formula is C19H39NO4Si. The second-order valence-electron chi connectivity index (χ2n) is 9.05. The average molecular weight is 374 g/mol. The van der Waals surface area contributed by atoms with Crippen LogP contribution in [0.2, 0.25) is 16.6 Å². The SMILES string of the molecule is CC(C)[Si](OCC1CN(C(=O)OC(C)(C)C)CCO1)(C(C)C)C(C)C. The summed E-state index contributed by atoms with van der Waals surface area (Å²) in [5.74, 6) is 0. The molecular weight excluding hydrogens is 334 g/mol. The summed E-state index contributed by atoms with van der Waals surface area (Å²) in [6, 6.07) is 0. The van der Waals surface area contributed by atoms with Crippen molar-refractivity contribution in [3.8, 4) is 0 Å². The molecule has 1 atom stereocenters. The molecule has 1 aliphatic rings. The van der Waals surface area contributed by atoms with Crippen molar-refractivity contribution in [3.05, 3.63) is 0 Å². The summed E-state index contributed by atoms with van der Waals surface area (Å²) >= 11 is 0. The van der Waals surface area contributed by atoms with Gasteiger partial charge in [-0.25, -0.2) is 4.79 Å². The van der Waals surface area contributed by atoms with E-state index >= 15 is 0 Å². The van der Waals surface area contributed by atoms with Crippen molar-refractivity contribution in [3.63, 3.8) is 0 Å². The summed E-state index contributed by atoms with van der Waals surface area (Å²) in [4.78, 5) is 14.0. The molecule has 25 heavy (non-hydrogen) atoms.